The summed E-state index contributed by atoms with van der Waals surface area (Å²) < 4.78 is 32.7. The van der Waals surface area contributed by atoms with Gasteiger partial charge in [-0.15, -0.1) is 11.3 Å². The zero-order valence-electron chi connectivity index (χ0n) is 17.9. The Hall–Kier alpha value is -3.69. The van der Waals surface area contributed by atoms with Crippen molar-refractivity contribution < 1.29 is 17.9 Å². The molecule has 0 unspecified atom stereocenters. The van der Waals surface area contributed by atoms with E-state index < -0.39 is 10.0 Å². The number of benzene rings is 3. The van der Waals surface area contributed by atoms with Crippen LogP contribution in [-0.2, 0) is 10.0 Å². The highest BCUT2D eigenvalue weighted by molar-refractivity contribution is 7.92. The first-order chi connectivity index (χ1) is 15.8. The second-order valence-corrected chi connectivity index (χ2v) is 9.76. The van der Waals surface area contributed by atoms with Crippen molar-refractivity contribution in [2.75, 3.05) is 17.1 Å². The van der Waals surface area contributed by atoms with Gasteiger partial charge < -0.3 is 4.74 Å². The average molecular weight is 480 g/mol. The Morgan fingerprint density at radius 1 is 0.939 bits per heavy atom. The van der Waals surface area contributed by atoms with Crippen molar-refractivity contribution in [1.29, 1.82) is 0 Å². The van der Waals surface area contributed by atoms with Crippen LogP contribution in [0.5, 0.6) is 5.75 Å². The summed E-state index contributed by atoms with van der Waals surface area (Å²) in [5.74, 6) is 0.236. The predicted octanol–water partition coefficient (Wildman–Crippen LogP) is 5.18. The number of amides is 1. The van der Waals surface area contributed by atoms with Crippen LogP contribution in [0.1, 0.15) is 15.9 Å². The second-order valence-electron chi connectivity index (χ2n) is 7.22. The Morgan fingerprint density at radius 2 is 1.61 bits per heavy atom. The molecule has 1 heterocycles. The SMILES string of the molecule is COc1ccc(S(=O)(=O)Nc2ccc(C(=O)Nc3nc(-c4ccc(C)cc4)cs3)cc2)cc1. The van der Waals surface area contributed by atoms with Crippen molar-refractivity contribution in [3.8, 4) is 17.0 Å². The number of ether oxygens (including phenoxy) is 1. The third-order valence-electron chi connectivity index (χ3n) is 4.84. The highest BCUT2D eigenvalue weighted by atomic mass is 32.2. The zero-order chi connectivity index (χ0) is 23.4. The fourth-order valence-electron chi connectivity index (χ4n) is 3.02. The molecule has 0 spiro atoms. The van der Waals surface area contributed by atoms with Gasteiger partial charge in [0.2, 0.25) is 0 Å². The monoisotopic (exact) mass is 479 g/mol. The first kappa shape index (κ1) is 22.5. The summed E-state index contributed by atoms with van der Waals surface area (Å²) in [4.78, 5) is 17.2. The van der Waals surface area contributed by atoms with Crippen molar-refractivity contribution in [1.82, 2.24) is 4.98 Å². The minimum Gasteiger partial charge on any atom is -0.497 e. The fourth-order valence-corrected chi connectivity index (χ4v) is 4.79. The van der Waals surface area contributed by atoms with E-state index in [4.69, 9.17) is 4.74 Å². The lowest BCUT2D eigenvalue weighted by molar-refractivity contribution is 0.102. The summed E-state index contributed by atoms with van der Waals surface area (Å²) in [6.07, 6.45) is 0. The Labute approximate surface area is 196 Å². The van der Waals surface area contributed by atoms with Gasteiger partial charge in [0.25, 0.3) is 15.9 Å². The molecule has 4 rings (SSSR count). The molecular formula is C24H21N3O4S2. The van der Waals surface area contributed by atoms with Gasteiger partial charge in [-0.2, -0.15) is 0 Å². The van der Waals surface area contributed by atoms with Crippen LogP contribution in [0.2, 0.25) is 0 Å². The van der Waals surface area contributed by atoms with Gasteiger partial charge in [-0.05, 0) is 55.5 Å². The number of sulfonamides is 1. The number of rotatable bonds is 7. The molecule has 0 saturated heterocycles. The normalized spacial score (nSPS) is 11.1. The Balaban J connectivity index is 1.41. The van der Waals surface area contributed by atoms with E-state index in [2.05, 4.69) is 15.0 Å². The third kappa shape index (κ3) is 5.39. The standard InChI is InChI=1S/C24H21N3O4S2/c1-16-3-5-17(6-4-16)22-15-32-24(25-22)26-23(28)18-7-9-19(10-8-18)27-33(29,30)21-13-11-20(31-2)12-14-21/h3-15,27H,1-2H3,(H,25,26,28). The van der Waals surface area contributed by atoms with Crippen LogP contribution in [0, 0.1) is 6.92 Å². The van der Waals surface area contributed by atoms with Crippen LogP contribution in [0.4, 0.5) is 10.8 Å². The van der Waals surface area contributed by atoms with Crippen LogP contribution < -0.4 is 14.8 Å². The van der Waals surface area contributed by atoms with Gasteiger partial charge in [-0.3, -0.25) is 14.8 Å². The largest absolute Gasteiger partial charge is 0.497 e. The number of carbonyl (C=O) groups is 1. The number of nitrogens with one attached hydrogen (secondary N) is 2. The molecule has 7 nitrogen and oxygen atoms in total. The number of methoxy groups -OCH3 is 1. The van der Waals surface area contributed by atoms with Gasteiger partial charge in [0, 0.05) is 22.2 Å². The number of nitrogens with zero attached hydrogens (tertiary/aromatic N) is 1. The molecule has 0 atom stereocenters. The van der Waals surface area contributed by atoms with Crippen molar-refractivity contribution in [2.24, 2.45) is 0 Å². The van der Waals surface area contributed by atoms with E-state index in [1.165, 1.54) is 42.7 Å². The van der Waals surface area contributed by atoms with Crippen molar-refractivity contribution in [3.63, 3.8) is 0 Å². The number of anilines is 2. The van der Waals surface area contributed by atoms with E-state index in [1.807, 2.05) is 36.6 Å². The average Bonchev–Trinajstić information content (AvgIpc) is 3.28. The zero-order valence-corrected chi connectivity index (χ0v) is 19.5. The number of aryl methyl sites for hydroxylation is 1. The molecule has 1 amide bonds. The van der Waals surface area contributed by atoms with E-state index in [0.717, 1.165) is 16.8 Å². The fraction of sp³-hybridized carbons (Fsp3) is 0.0833. The minimum absolute atomic E-state index is 0.110. The molecule has 0 aliphatic rings. The summed E-state index contributed by atoms with van der Waals surface area (Å²) in [5, 5.41) is 5.15. The van der Waals surface area contributed by atoms with Gasteiger partial charge in [-0.1, -0.05) is 29.8 Å². The van der Waals surface area contributed by atoms with Gasteiger partial charge in [-0.25, -0.2) is 13.4 Å². The number of aromatic nitrogens is 1. The summed E-state index contributed by atoms with van der Waals surface area (Å²) in [6.45, 7) is 2.02. The van der Waals surface area contributed by atoms with Crippen LogP contribution in [-0.4, -0.2) is 26.4 Å². The number of hydrogen-bond donors (Lipinski definition) is 2. The first-order valence-corrected chi connectivity index (χ1v) is 12.3. The maximum absolute atomic E-state index is 12.6. The Morgan fingerprint density at radius 3 is 2.24 bits per heavy atom. The molecule has 9 heteroatoms. The highest BCUT2D eigenvalue weighted by Gasteiger charge is 2.15. The van der Waals surface area contributed by atoms with Gasteiger partial charge in [0.15, 0.2) is 5.13 Å². The van der Waals surface area contributed by atoms with E-state index in [0.29, 0.717) is 22.1 Å². The molecule has 1 aromatic heterocycles. The van der Waals surface area contributed by atoms with Gasteiger partial charge in [0.05, 0.1) is 17.7 Å². The molecule has 0 aliphatic heterocycles. The smallest absolute Gasteiger partial charge is 0.261 e. The first-order valence-electron chi connectivity index (χ1n) is 9.95. The second kappa shape index (κ2) is 9.43. The molecule has 4 aromatic rings. The molecule has 2 N–H and O–H groups in total. The van der Waals surface area contributed by atoms with Crippen LogP contribution in [0.25, 0.3) is 11.3 Å². The maximum atomic E-state index is 12.6. The van der Waals surface area contributed by atoms with E-state index in [-0.39, 0.29) is 10.8 Å². The predicted molar refractivity (Wildman–Crippen MR) is 130 cm³/mol. The summed E-state index contributed by atoms with van der Waals surface area (Å²) in [6, 6.07) is 20.2. The molecule has 0 aliphatic carbocycles. The number of thiazole rings is 1. The Kier molecular flexibility index (Phi) is 6.43. The highest BCUT2D eigenvalue weighted by Crippen LogP contribution is 2.26. The Bertz CT molecular complexity index is 1360. The lowest BCUT2D eigenvalue weighted by Crippen LogP contribution is -2.14. The van der Waals surface area contributed by atoms with Crippen LogP contribution in [0.3, 0.4) is 0 Å². The third-order valence-corrected chi connectivity index (χ3v) is 7.00. The quantitative estimate of drug-likeness (QED) is 0.381. The van der Waals surface area contributed by atoms with E-state index >= 15 is 0 Å². The molecule has 0 fully saturated rings. The topological polar surface area (TPSA) is 97.4 Å². The minimum atomic E-state index is -3.76. The molecule has 168 valence electrons. The van der Waals surface area contributed by atoms with E-state index in [9.17, 15) is 13.2 Å². The van der Waals surface area contributed by atoms with Crippen molar-refractivity contribution in [2.45, 2.75) is 11.8 Å². The van der Waals surface area contributed by atoms with Crippen molar-refractivity contribution >= 4 is 38.1 Å². The van der Waals surface area contributed by atoms with Crippen LogP contribution >= 0.6 is 11.3 Å². The molecule has 0 bridgehead atoms. The maximum Gasteiger partial charge on any atom is 0.261 e. The van der Waals surface area contributed by atoms with Crippen molar-refractivity contribution in [3.05, 3.63) is 89.3 Å². The lowest BCUT2D eigenvalue weighted by Gasteiger charge is -2.09. The summed E-state index contributed by atoms with van der Waals surface area (Å²) in [7, 11) is -2.25. The summed E-state index contributed by atoms with van der Waals surface area (Å²) in [5.41, 5.74) is 3.66. The number of carbonyl (C=O) groups excluding carboxylic acids is 1. The lowest BCUT2D eigenvalue weighted by atomic mass is 10.1. The van der Waals surface area contributed by atoms with E-state index in [1.54, 1.807) is 24.3 Å². The molecular weight excluding hydrogens is 458 g/mol. The van der Waals surface area contributed by atoms with Gasteiger partial charge >= 0.3 is 0 Å². The molecule has 0 saturated carbocycles. The number of hydrogen-bond acceptors (Lipinski definition) is 6. The van der Waals surface area contributed by atoms with Crippen LogP contribution in [0.15, 0.2) is 83.1 Å². The molecule has 33 heavy (non-hydrogen) atoms. The summed E-state index contributed by atoms with van der Waals surface area (Å²) >= 11 is 1.34. The molecule has 3 aromatic carbocycles. The van der Waals surface area contributed by atoms with Gasteiger partial charge in [0.1, 0.15) is 5.75 Å². The molecule has 0 radical (unpaired) electrons.